The number of aliphatic hydroxyl groups is 1. The van der Waals surface area contributed by atoms with Crippen molar-refractivity contribution in [3.05, 3.63) is 50.6 Å². The second kappa shape index (κ2) is 4.53. The first-order valence-electron chi connectivity index (χ1n) is 4.17. The molecule has 0 unspecified atom stereocenters. The normalized spacial score (nSPS) is 10.8. The van der Waals surface area contributed by atoms with E-state index in [0.717, 1.165) is 0 Å². The number of nitrogens with zero attached hydrogens (tertiary/aromatic N) is 2. The van der Waals surface area contributed by atoms with E-state index in [2.05, 4.69) is 4.74 Å². The maximum absolute atomic E-state index is 10.6. The Bertz CT molecular complexity index is 379. The van der Waals surface area contributed by atoms with E-state index in [9.17, 15) is 20.2 Å². The average molecular weight is 228 g/mol. The highest BCUT2D eigenvalue weighted by atomic mass is 16.8. The Kier molecular flexibility index (Phi) is 3.36. The Morgan fingerprint density at radius 3 is 2.06 bits per heavy atom. The third-order valence-electron chi connectivity index (χ3n) is 1.80. The molecule has 1 rings (SSSR count). The quantitative estimate of drug-likeness (QED) is 0.439. The van der Waals surface area contributed by atoms with E-state index in [4.69, 9.17) is 5.11 Å². The van der Waals surface area contributed by atoms with Gasteiger partial charge in [0.2, 0.25) is 6.61 Å². The number of benzene rings is 1. The molecule has 0 bridgehead atoms. The van der Waals surface area contributed by atoms with Crippen LogP contribution >= 0.6 is 0 Å². The van der Waals surface area contributed by atoms with Crippen LogP contribution in [0.15, 0.2) is 30.3 Å². The van der Waals surface area contributed by atoms with Gasteiger partial charge in [-0.2, -0.15) is 0 Å². The van der Waals surface area contributed by atoms with Crippen LogP contribution in [0.2, 0.25) is 0 Å². The van der Waals surface area contributed by atoms with Crippen molar-refractivity contribution in [2.24, 2.45) is 0 Å². The molecule has 16 heavy (non-hydrogen) atoms. The number of aliphatic hydroxyl groups excluding tert-OH is 1. The fraction of sp³-hybridized carbons (Fsp3) is 0.250. The number of para-hydroxylation sites is 1. The van der Waals surface area contributed by atoms with Crippen molar-refractivity contribution >= 4 is 0 Å². The van der Waals surface area contributed by atoms with Gasteiger partial charge in [0, 0.05) is 0 Å². The van der Waals surface area contributed by atoms with Crippen molar-refractivity contribution in [3.8, 4) is 5.75 Å². The molecule has 0 aliphatic carbocycles. The Morgan fingerprint density at radius 1 is 1.19 bits per heavy atom. The summed E-state index contributed by atoms with van der Waals surface area (Å²) in [4.78, 5) is 18.6. The van der Waals surface area contributed by atoms with Crippen LogP contribution in [0.25, 0.3) is 0 Å². The number of nitro groups is 2. The summed E-state index contributed by atoms with van der Waals surface area (Å²) in [5.74, 6) is -3.12. The van der Waals surface area contributed by atoms with E-state index >= 15 is 0 Å². The van der Waals surface area contributed by atoms with Crippen molar-refractivity contribution < 1.29 is 19.7 Å². The fourth-order valence-electron chi connectivity index (χ4n) is 0.966. The van der Waals surface area contributed by atoms with Crippen LogP contribution in [0, 0.1) is 20.2 Å². The summed E-state index contributed by atoms with van der Waals surface area (Å²) in [5.41, 5.74) is 0. The Labute approximate surface area is 89.4 Å². The number of rotatable bonds is 5. The molecule has 0 spiro atoms. The van der Waals surface area contributed by atoms with Gasteiger partial charge in [0.25, 0.3) is 0 Å². The van der Waals surface area contributed by atoms with Crippen LogP contribution in [-0.4, -0.2) is 27.4 Å². The third-order valence-corrected chi connectivity index (χ3v) is 1.80. The van der Waals surface area contributed by atoms with E-state index in [0.29, 0.717) is 0 Å². The molecule has 0 atom stereocenters. The van der Waals surface area contributed by atoms with Crippen LogP contribution < -0.4 is 4.74 Å². The van der Waals surface area contributed by atoms with E-state index < -0.39 is 22.3 Å². The van der Waals surface area contributed by atoms with Crippen molar-refractivity contribution in [1.29, 1.82) is 0 Å². The summed E-state index contributed by atoms with van der Waals surface area (Å²) in [6.45, 7) is -1.36. The highest BCUT2D eigenvalue weighted by Gasteiger charge is 2.60. The zero-order valence-corrected chi connectivity index (χ0v) is 7.98. The average Bonchev–Trinajstić information content (AvgIpc) is 2.26. The molecule has 0 aliphatic heterocycles. The molecular formula is C8H8N2O6. The molecule has 1 N–H and O–H groups in total. The van der Waals surface area contributed by atoms with Crippen LogP contribution in [-0.2, 0) is 0 Å². The third kappa shape index (κ3) is 2.06. The van der Waals surface area contributed by atoms with Gasteiger partial charge in [-0.25, -0.2) is 0 Å². The molecule has 0 aromatic heterocycles. The predicted molar refractivity (Wildman–Crippen MR) is 50.9 cm³/mol. The Balaban J connectivity index is 3.04. The van der Waals surface area contributed by atoms with Crippen LogP contribution in [0.4, 0.5) is 0 Å². The fourth-order valence-corrected chi connectivity index (χ4v) is 0.966. The van der Waals surface area contributed by atoms with Crippen LogP contribution in [0.5, 0.6) is 5.75 Å². The second-order valence-corrected chi connectivity index (χ2v) is 2.83. The first kappa shape index (κ1) is 11.9. The lowest BCUT2D eigenvalue weighted by molar-refractivity contribution is -0.841. The number of hydrogen-bond donors (Lipinski definition) is 1. The molecule has 0 radical (unpaired) electrons. The SMILES string of the molecule is O=[N+]([O-])C(CO)(Oc1ccccc1)[N+](=O)[O-]. The lowest BCUT2D eigenvalue weighted by atomic mass is 10.3. The van der Waals surface area contributed by atoms with Gasteiger partial charge in [-0.3, -0.25) is 20.2 Å². The maximum atomic E-state index is 10.6. The first-order valence-corrected chi connectivity index (χ1v) is 4.17. The predicted octanol–water partition coefficient (Wildman–Crippen LogP) is 0.265. The minimum atomic E-state index is -3.05. The van der Waals surface area contributed by atoms with Crippen molar-refractivity contribution in [1.82, 2.24) is 0 Å². The molecule has 0 aliphatic rings. The minimum absolute atomic E-state index is 0.0649. The molecule has 1 aromatic carbocycles. The maximum Gasteiger partial charge on any atom is 0.643 e. The molecule has 86 valence electrons. The molecule has 8 nitrogen and oxygen atoms in total. The summed E-state index contributed by atoms with van der Waals surface area (Å²) < 4.78 is 4.63. The zero-order chi connectivity index (χ0) is 12.2. The van der Waals surface area contributed by atoms with Crippen molar-refractivity contribution in [2.75, 3.05) is 6.61 Å². The molecule has 0 saturated carbocycles. The van der Waals surface area contributed by atoms with E-state index in [-0.39, 0.29) is 5.75 Å². The van der Waals surface area contributed by atoms with Crippen LogP contribution in [0.3, 0.4) is 0 Å². The molecule has 0 heterocycles. The topological polar surface area (TPSA) is 116 Å². The van der Waals surface area contributed by atoms with Crippen LogP contribution in [0.1, 0.15) is 0 Å². The van der Waals surface area contributed by atoms with E-state index in [1.54, 1.807) is 6.07 Å². The zero-order valence-electron chi connectivity index (χ0n) is 7.98. The monoisotopic (exact) mass is 228 g/mol. The molecule has 0 amide bonds. The van der Waals surface area contributed by atoms with Crippen molar-refractivity contribution in [3.63, 3.8) is 0 Å². The van der Waals surface area contributed by atoms with Gasteiger partial charge in [0.1, 0.15) is 15.6 Å². The lowest BCUT2D eigenvalue weighted by Gasteiger charge is -2.15. The first-order chi connectivity index (χ1) is 7.53. The molecule has 8 heteroatoms. The molecule has 0 fully saturated rings. The summed E-state index contributed by atoms with van der Waals surface area (Å²) in [5, 5.41) is 29.9. The van der Waals surface area contributed by atoms with Gasteiger partial charge < -0.3 is 9.84 Å². The van der Waals surface area contributed by atoms with Gasteiger partial charge in [-0.05, 0) is 12.1 Å². The van der Waals surface area contributed by atoms with Gasteiger partial charge in [0.15, 0.2) is 0 Å². The summed E-state index contributed by atoms with van der Waals surface area (Å²) in [7, 11) is 0. The summed E-state index contributed by atoms with van der Waals surface area (Å²) in [6, 6.07) is 7.25. The summed E-state index contributed by atoms with van der Waals surface area (Å²) in [6.07, 6.45) is 0. The smallest absolute Gasteiger partial charge is 0.378 e. The second-order valence-electron chi connectivity index (χ2n) is 2.83. The minimum Gasteiger partial charge on any atom is -0.378 e. The molecule has 1 aromatic rings. The van der Waals surface area contributed by atoms with Gasteiger partial charge in [-0.15, -0.1) is 0 Å². The summed E-state index contributed by atoms with van der Waals surface area (Å²) >= 11 is 0. The van der Waals surface area contributed by atoms with Gasteiger partial charge >= 0.3 is 5.85 Å². The number of ether oxygens (including phenoxy) is 1. The standard InChI is InChI=1S/C8H8N2O6/c11-6-8(9(12)13,10(14)15)16-7-4-2-1-3-5-7/h1-5,11H,6H2. The highest BCUT2D eigenvalue weighted by Crippen LogP contribution is 2.19. The van der Waals surface area contributed by atoms with Gasteiger partial charge in [0.05, 0.1) is 0 Å². The van der Waals surface area contributed by atoms with Gasteiger partial charge in [-0.1, -0.05) is 18.2 Å². The Morgan fingerprint density at radius 2 is 1.69 bits per heavy atom. The lowest BCUT2D eigenvalue weighted by Crippen LogP contribution is -2.54. The Hall–Kier alpha value is -2.22. The van der Waals surface area contributed by atoms with Crippen molar-refractivity contribution in [2.45, 2.75) is 5.85 Å². The number of hydrogen-bond acceptors (Lipinski definition) is 6. The highest BCUT2D eigenvalue weighted by molar-refractivity contribution is 5.21. The molecular weight excluding hydrogens is 220 g/mol. The molecule has 0 saturated heterocycles. The van der Waals surface area contributed by atoms with E-state index in [1.807, 2.05) is 0 Å². The van der Waals surface area contributed by atoms with E-state index in [1.165, 1.54) is 24.3 Å². The largest absolute Gasteiger partial charge is 0.643 e.